The second-order valence-corrected chi connectivity index (χ2v) is 2.53. The number of esters is 1. The van der Waals surface area contributed by atoms with Crippen molar-refractivity contribution in [1.82, 2.24) is 0 Å². The van der Waals surface area contributed by atoms with Crippen LogP contribution in [0.15, 0.2) is 35.3 Å². The van der Waals surface area contributed by atoms with Crippen molar-refractivity contribution in [2.75, 3.05) is 6.54 Å². The number of ether oxygens (including phenoxy) is 1. The molecule has 0 fully saturated rings. The molecule has 0 amide bonds. The third-order valence-electron chi connectivity index (χ3n) is 1.37. The van der Waals surface area contributed by atoms with Gasteiger partial charge in [0.2, 0.25) is 0 Å². The Hall–Kier alpha value is -1.30. The standard InChI is InChI=1S/C9H11N3O2.Ag/c10-9(11)12-6-8(13)14-7-4-2-1-3-5-7;/h1-5H,6H2,(H4,10,11,12);. The normalized spacial score (nSPS) is 8.53. The molecule has 6 heteroatoms. The SMILES string of the molecule is NC(N)=NCC(=O)Oc1ccccc1.[Ag]. The van der Waals surface area contributed by atoms with Crippen LogP contribution in [0, 0.1) is 0 Å². The fraction of sp³-hybridized carbons (Fsp3) is 0.111. The largest absolute Gasteiger partial charge is 0.425 e. The zero-order valence-corrected chi connectivity index (χ0v) is 9.30. The Balaban J connectivity index is 0.00000196. The molecular formula is C9H11AgN3O2. The Bertz CT molecular complexity index is 336. The van der Waals surface area contributed by atoms with Crippen LogP contribution in [0.25, 0.3) is 0 Å². The van der Waals surface area contributed by atoms with Gasteiger partial charge in [0, 0.05) is 22.4 Å². The van der Waals surface area contributed by atoms with Crippen LogP contribution in [0.4, 0.5) is 0 Å². The fourth-order valence-electron chi connectivity index (χ4n) is 0.808. The van der Waals surface area contributed by atoms with E-state index in [9.17, 15) is 4.79 Å². The molecule has 0 aromatic heterocycles. The quantitative estimate of drug-likeness (QED) is 0.267. The minimum atomic E-state index is -0.496. The molecule has 1 rings (SSSR count). The monoisotopic (exact) mass is 300 g/mol. The van der Waals surface area contributed by atoms with Crippen LogP contribution in [0.5, 0.6) is 5.75 Å². The summed E-state index contributed by atoms with van der Waals surface area (Å²) in [6.45, 7) is -0.169. The van der Waals surface area contributed by atoms with Gasteiger partial charge in [0.05, 0.1) is 0 Å². The summed E-state index contributed by atoms with van der Waals surface area (Å²) in [6.07, 6.45) is 0. The van der Waals surface area contributed by atoms with Crippen LogP contribution < -0.4 is 16.2 Å². The number of carbonyl (C=O) groups excluding carboxylic acids is 1. The average molecular weight is 301 g/mol. The molecule has 15 heavy (non-hydrogen) atoms. The van der Waals surface area contributed by atoms with E-state index in [0.717, 1.165) is 0 Å². The minimum absolute atomic E-state index is 0. The van der Waals surface area contributed by atoms with E-state index in [-0.39, 0.29) is 34.9 Å². The molecule has 1 radical (unpaired) electrons. The van der Waals surface area contributed by atoms with Gasteiger partial charge in [-0.2, -0.15) is 0 Å². The number of benzene rings is 1. The Morgan fingerprint density at radius 2 is 1.87 bits per heavy atom. The average Bonchev–Trinajstić information content (AvgIpc) is 2.16. The number of para-hydroxylation sites is 1. The van der Waals surface area contributed by atoms with Crippen molar-refractivity contribution in [3.8, 4) is 5.75 Å². The third-order valence-corrected chi connectivity index (χ3v) is 1.37. The molecule has 1 aromatic carbocycles. The Morgan fingerprint density at radius 3 is 2.40 bits per heavy atom. The molecule has 85 valence electrons. The Morgan fingerprint density at radius 1 is 1.27 bits per heavy atom. The van der Waals surface area contributed by atoms with Crippen LogP contribution in [0.2, 0.25) is 0 Å². The van der Waals surface area contributed by atoms with Gasteiger partial charge < -0.3 is 16.2 Å². The van der Waals surface area contributed by atoms with Crippen molar-refractivity contribution in [3.05, 3.63) is 30.3 Å². The van der Waals surface area contributed by atoms with Gasteiger partial charge in [-0.05, 0) is 12.1 Å². The molecule has 0 spiro atoms. The molecule has 1 aromatic rings. The van der Waals surface area contributed by atoms with Gasteiger partial charge >= 0.3 is 5.97 Å². The zero-order valence-electron chi connectivity index (χ0n) is 7.81. The van der Waals surface area contributed by atoms with E-state index >= 15 is 0 Å². The molecular weight excluding hydrogens is 290 g/mol. The van der Waals surface area contributed by atoms with E-state index in [2.05, 4.69) is 4.99 Å². The number of aliphatic imine (C=N–C) groups is 1. The topological polar surface area (TPSA) is 90.7 Å². The van der Waals surface area contributed by atoms with Crippen LogP contribution in [-0.2, 0) is 27.2 Å². The van der Waals surface area contributed by atoms with E-state index in [1.807, 2.05) is 6.07 Å². The molecule has 5 nitrogen and oxygen atoms in total. The predicted molar refractivity (Wildman–Crippen MR) is 52.8 cm³/mol. The maximum atomic E-state index is 11.1. The van der Waals surface area contributed by atoms with Gasteiger partial charge in [-0.25, -0.2) is 9.79 Å². The fourth-order valence-corrected chi connectivity index (χ4v) is 0.808. The zero-order chi connectivity index (χ0) is 10.4. The second-order valence-electron chi connectivity index (χ2n) is 2.53. The van der Waals surface area contributed by atoms with Crippen molar-refractivity contribution in [3.63, 3.8) is 0 Å². The van der Waals surface area contributed by atoms with Crippen molar-refractivity contribution in [2.45, 2.75) is 0 Å². The summed E-state index contributed by atoms with van der Waals surface area (Å²) in [5.41, 5.74) is 10.1. The van der Waals surface area contributed by atoms with E-state index in [4.69, 9.17) is 16.2 Å². The molecule has 0 heterocycles. The first-order chi connectivity index (χ1) is 6.68. The van der Waals surface area contributed by atoms with Crippen molar-refractivity contribution in [2.24, 2.45) is 16.5 Å². The summed E-state index contributed by atoms with van der Waals surface area (Å²) >= 11 is 0. The van der Waals surface area contributed by atoms with Crippen molar-refractivity contribution >= 4 is 11.9 Å². The first kappa shape index (κ1) is 13.7. The van der Waals surface area contributed by atoms with Gasteiger partial charge in [-0.3, -0.25) is 0 Å². The molecule has 0 saturated carbocycles. The van der Waals surface area contributed by atoms with Crippen LogP contribution >= 0.6 is 0 Å². The van der Waals surface area contributed by atoms with Gasteiger partial charge in [-0.15, -0.1) is 0 Å². The summed E-state index contributed by atoms with van der Waals surface area (Å²) < 4.78 is 4.91. The van der Waals surface area contributed by atoms with E-state index < -0.39 is 5.97 Å². The molecule has 0 bridgehead atoms. The van der Waals surface area contributed by atoms with Crippen LogP contribution in [0.3, 0.4) is 0 Å². The van der Waals surface area contributed by atoms with E-state index in [0.29, 0.717) is 5.75 Å². The summed E-state index contributed by atoms with van der Waals surface area (Å²) in [5.74, 6) is -0.150. The maximum absolute atomic E-state index is 11.1. The van der Waals surface area contributed by atoms with Gasteiger partial charge in [0.15, 0.2) is 5.96 Å². The first-order valence-corrected chi connectivity index (χ1v) is 3.99. The summed E-state index contributed by atoms with van der Waals surface area (Å²) in [6, 6.07) is 8.71. The van der Waals surface area contributed by atoms with Crippen molar-refractivity contribution < 1.29 is 31.9 Å². The number of guanidine groups is 1. The number of nitrogens with zero attached hydrogens (tertiary/aromatic N) is 1. The number of nitrogens with two attached hydrogens (primary N) is 2. The number of hydrogen-bond acceptors (Lipinski definition) is 3. The Labute approximate surface area is 103 Å². The van der Waals surface area contributed by atoms with Gasteiger partial charge in [-0.1, -0.05) is 18.2 Å². The van der Waals surface area contributed by atoms with E-state index in [1.54, 1.807) is 24.3 Å². The summed E-state index contributed by atoms with van der Waals surface area (Å²) in [7, 11) is 0. The molecule has 0 aliphatic carbocycles. The maximum Gasteiger partial charge on any atom is 0.333 e. The molecule has 4 N–H and O–H groups in total. The number of carbonyl (C=O) groups is 1. The van der Waals surface area contributed by atoms with Crippen LogP contribution in [0.1, 0.15) is 0 Å². The smallest absolute Gasteiger partial charge is 0.333 e. The number of rotatable bonds is 3. The molecule has 0 unspecified atom stereocenters. The predicted octanol–water partition coefficient (Wildman–Crippen LogP) is -0.137. The van der Waals surface area contributed by atoms with Gasteiger partial charge in [0.1, 0.15) is 12.3 Å². The Kier molecular flexibility index (Phi) is 6.44. The van der Waals surface area contributed by atoms with E-state index in [1.165, 1.54) is 0 Å². The first-order valence-electron chi connectivity index (χ1n) is 3.99. The third kappa shape index (κ3) is 5.90. The minimum Gasteiger partial charge on any atom is -0.425 e. The van der Waals surface area contributed by atoms with Crippen molar-refractivity contribution in [1.29, 1.82) is 0 Å². The molecule has 0 aliphatic rings. The molecule has 0 aliphatic heterocycles. The number of hydrogen-bond donors (Lipinski definition) is 2. The summed E-state index contributed by atoms with van der Waals surface area (Å²) in [5, 5.41) is 0. The molecule has 0 atom stereocenters. The van der Waals surface area contributed by atoms with Crippen LogP contribution in [-0.4, -0.2) is 18.5 Å². The van der Waals surface area contributed by atoms with Gasteiger partial charge in [0.25, 0.3) is 0 Å². The summed E-state index contributed by atoms with van der Waals surface area (Å²) in [4.78, 5) is 14.6. The second kappa shape index (κ2) is 7.05. The molecule has 0 saturated heterocycles.